The fourth-order valence-corrected chi connectivity index (χ4v) is 7.51. The second kappa shape index (κ2) is 17.7. The van der Waals surface area contributed by atoms with E-state index < -0.39 is 21.0 Å². The zero-order valence-electron chi connectivity index (χ0n) is 30.2. The van der Waals surface area contributed by atoms with Crippen LogP contribution in [0.15, 0.2) is 122 Å². The largest absolute Gasteiger partial charge is 0.478 e. The van der Waals surface area contributed by atoms with E-state index in [0.717, 1.165) is 17.4 Å². The van der Waals surface area contributed by atoms with Gasteiger partial charge in [-0.25, -0.2) is 9.78 Å². The highest BCUT2D eigenvalue weighted by Gasteiger charge is 2.27. The fraction of sp³-hybridized carbons (Fsp3) is 0.0769. The molecule has 58 heavy (non-hydrogen) atoms. The molecule has 0 spiro atoms. The van der Waals surface area contributed by atoms with Gasteiger partial charge in [-0.05, 0) is 79.2 Å². The number of benzene rings is 4. The molecule has 5 N–H and O–H groups in total. The first-order valence-corrected chi connectivity index (χ1v) is 20.0. The molecule has 2 heterocycles. The highest BCUT2D eigenvalue weighted by atomic mass is 35.5. The van der Waals surface area contributed by atoms with E-state index in [4.69, 9.17) is 23.2 Å². The van der Waals surface area contributed by atoms with Gasteiger partial charge in [0, 0.05) is 39.6 Å². The summed E-state index contributed by atoms with van der Waals surface area (Å²) in [6.07, 6.45) is 0.230. The number of pyridine rings is 1. The van der Waals surface area contributed by atoms with Crippen molar-refractivity contribution in [1.82, 2.24) is 4.98 Å². The molecule has 0 unspecified atom stereocenters. The smallest absolute Gasteiger partial charge is 0.339 e. The number of carboxylic acids is 1. The normalized spacial score (nSPS) is 11.4. The number of carbonyl (C=O) groups is 2. The summed E-state index contributed by atoms with van der Waals surface area (Å²) in [6.45, 7) is 3.28. The molecule has 6 aromatic rings. The lowest BCUT2D eigenvalue weighted by Gasteiger charge is -2.16. The topological polar surface area (TPSA) is 231 Å². The molecule has 1 amide bonds. The van der Waals surface area contributed by atoms with Crippen molar-refractivity contribution < 1.29 is 27.7 Å². The second-order valence-corrected chi connectivity index (χ2v) is 15.3. The lowest BCUT2D eigenvalue weighted by molar-refractivity contribution is -0.115. The Labute approximate surface area is 345 Å². The zero-order chi connectivity index (χ0) is 41.6. The standard InChI is InChI=1S/C39H29Cl2N9O6S2/c1-3-31(51)43-26-11-7-8-22(18-26)32-33(39(52)53)38(57-37(32)49-47-25-9-5-4-6-10-25)50-48-34-21(2)28(20-42)35(46-36(34)44-24-14-12-23(40)13-15-24)45-27-16-17-29(41)30(19-27)58(54,55)56/h4-19H,3H2,1-2H3,(H,43,51)(H,52,53)(H2,44,45,46)(H,54,55,56). The van der Waals surface area contributed by atoms with E-state index >= 15 is 0 Å². The predicted molar refractivity (Wildman–Crippen MR) is 223 cm³/mol. The SMILES string of the molecule is CCC(=O)Nc1cccc(-c2c(N=Nc3ccccc3)sc(N=Nc3c(Nc4ccc(Cl)cc4)nc(Nc4ccc(Cl)c(S(=O)(=O)O)c4)c(C#N)c3C)c2C(=O)O)c1. The van der Waals surface area contributed by atoms with E-state index in [0.29, 0.717) is 27.6 Å². The Hall–Kier alpha value is -6.55. The van der Waals surface area contributed by atoms with Gasteiger partial charge in [0.1, 0.15) is 27.2 Å². The number of carboxylic acid groups (broad SMARTS) is 1. The Morgan fingerprint density at radius 3 is 2.21 bits per heavy atom. The average molecular weight is 855 g/mol. The third-order valence-corrected chi connectivity index (χ3v) is 10.7. The minimum absolute atomic E-state index is 0.0208. The minimum atomic E-state index is -4.70. The number of anilines is 5. The van der Waals surface area contributed by atoms with Gasteiger partial charge in [-0.2, -0.15) is 13.7 Å². The van der Waals surface area contributed by atoms with Crippen LogP contribution in [0.4, 0.5) is 50.1 Å². The molecule has 292 valence electrons. The zero-order valence-corrected chi connectivity index (χ0v) is 33.4. The number of aromatic carboxylic acids is 1. The Morgan fingerprint density at radius 2 is 1.53 bits per heavy atom. The first kappa shape index (κ1) is 41.1. The molecule has 19 heteroatoms. The molecular formula is C39H29Cl2N9O6S2. The lowest BCUT2D eigenvalue weighted by atomic mass is 10.0. The van der Waals surface area contributed by atoms with E-state index in [2.05, 4.69) is 47.5 Å². The number of carbonyl (C=O) groups excluding carboxylic acids is 1. The van der Waals surface area contributed by atoms with Crippen molar-refractivity contribution in [1.29, 1.82) is 5.26 Å². The van der Waals surface area contributed by atoms with Gasteiger partial charge in [0.25, 0.3) is 10.1 Å². The van der Waals surface area contributed by atoms with Crippen LogP contribution in [0.3, 0.4) is 0 Å². The van der Waals surface area contributed by atoms with Gasteiger partial charge in [-0.1, -0.05) is 71.8 Å². The summed E-state index contributed by atoms with van der Waals surface area (Å²) in [6, 6.07) is 27.9. The van der Waals surface area contributed by atoms with E-state index in [1.165, 1.54) is 12.1 Å². The number of nitriles is 1. The van der Waals surface area contributed by atoms with Gasteiger partial charge >= 0.3 is 5.97 Å². The Bertz CT molecular complexity index is 2770. The number of hydrogen-bond acceptors (Lipinski definition) is 13. The summed E-state index contributed by atoms with van der Waals surface area (Å²) in [5.74, 6) is -1.54. The van der Waals surface area contributed by atoms with Crippen LogP contribution in [0.2, 0.25) is 10.0 Å². The van der Waals surface area contributed by atoms with Crippen LogP contribution in [0.25, 0.3) is 11.1 Å². The molecule has 0 radical (unpaired) electrons. The maximum Gasteiger partial charge on any atom is 0.339 e. The second-order valence-electron chi connectivity index (χ2n) is 12.1. The predicted octanol–water partition coefficient (Wildman–Crippen LogP) is 11.9. The van der Waals surface area contributed by atoms with Crippen molar-refractivity contribution >= 4 is 107 Å². The van der Waals surface area contributed by atoms with Crippen LogP contribution >= 0.6 is 34.5 Å². The molecule has 2 aromatic heterocycles. The van der Waals surface area contributed by atoms with Crippen LogP contribution in [0.1, 0.15) is 34.8 Å². The van der Waals surface area contributed by atoms with Crippen LogP contribution in [0, 0.1) is 18.3 Å². The van der Waals surface area contributed by atoms with Crippen LogP contribution < -0.4 is 16.0 Å². The van der Waals surface area contributed by atoms with Crippen LogP contribution in [0.5, 0.6) is 0 Å². The molecule has 0 saturated heterocycles. The minimum Gasteiger partial charge on any atom is -0.478 e. The van der Waals surface area contributed by atoms with Gasteiger partial charge in [-0.15, -0.1) is 20.5 Å². The van der Waals surface area contributed by atoms with Crippen LogP contribution in [-0.2, 0) is 14.9 Å². The van der Waals surface area contributed by atoms with Gasteiger partial charge in [0.15, 0.2) is 16.6 Å². The number of nitrogens with one attached hydrogen (secondary N) is 3. The van der Waals surface area contributed by atoms with E-state index in [-0.39, 0.29) is 72.6 Å². The summed E-state index contributed by atoms with van der Waals surface area (Å²) < 4.78 is 33.6. The fourth-order valence-electron chi connectivity index (χ4n) is 5.43. The van der Waals surface area contributed by atoms with Crippen molar-refractivity contribution in [2.75, 3.05) is 16.0 Å². The monoisotopic (exact) mass is 853 g/mol. The van der Waals surface area contributed by atoms with Crippen molar-refractivity contribution in [3.05, 3.63) is 124 Å². The maximum atomic E-state index is 13.1. The summed E-state index contributed by atoms with van der Waals surface area (Å²) in [5.41, 5.74) is 2.20. The van der Waals surface area contributed by atoms with E-state index in [1.54, 1.807) is 86.6 Å². The van der Waals surface area contributed by atoms with E-state index in [1.807, 2.05) is 6.07 Å². The maximum absolute atomic E-state index is 13.1. The number of nitrogens with zero attached hydrogens (tertiary/aromatic N) is 6. The molecule has 4 aromatic carbocycles. The molecule has 0 saturated carbocycles. The third kappa shape index (κ3) is 9.52. The van der Waals surface area contributed by atoms with E-state index in [9.17, 15) is 32.9 Å². The first-order valence-electron chi connectivity index (χ1n) is 17.0. The number of rotatable bonds is 13. The van der Waals surface area contributed by atoms with Crippen molar-refractivity contribution in [2.24, 2.45) is 20.5 Å². The first-order chi connectivity index (χ1) is 27.7. The molecule has 0 aliphatic rings. The highest BCUT2D eigenvalue weighted by molar-refractivity contribution is 7.86. The van der Waals surface area contributed by atoms with Crippen LogP contribution in [-0.4, -0.2) is 34.9 Å². The van der Waals surface area contributed by atoms with Gasteiger partial charge in [-0.3, -0.25) is 9.35 Å². The summed E-state index contributed by atoms with van der Waals surface area (Å²) in [7, 11) is -4.70. The Morgan fingerprint density at radius 1 is 0.845 bits per heavy atom. The molecule has 0 aliphatic heterocycles. The molecule has 0 bridgehead atoms. The molecule has 0 fully saturated rings. The number of hydrogen-bond donors (Lipinski definition) is 5. The van der Waals surface area contributed by atoms with Gasteiger partial charge in [0.2, 0.25) is 5.91 Å². The molecule has 0 aliphatic carbocycles. The molecule has 0 atom stereocenters. The number of thiophene rings is 1. The highest BCUT2D eigenvalue weighted by Crippen LogP contribution is 2.49. The van der Waals surface area contributed by atoms with Crippen molar-refractivity contribution in [3.8, 4) is 17.2 Å². The Kier molecular flexibility index (Phi) is 12.6. The number of halogens is 2. The summed E-state index contributed by atoms with van der Waals surface area (Å²) in [4.78, 5) is 29.3. The Balaban J connectivity index is 1.52. The number of amides is 1. The van der Waals surface area contributed by atoms with Gasteiger partial charge in [0.05, 0.1) is 16.3 Å². The van der Waals surface area contributed by atoms with Crippen molar-refractivity contribution in [3.63, 3.8) is 0 Å². The molecule has 15 nitrogen and oxygen atoms in total. The quantitative estimate of drug-likeness (QED) is 0.0544. The number of aromatic nitrogens is 1. The third-order valence-electron chi connectivity index (χ3n) is 8.20. The lowest BCUT2D eigenvalue weighted by Crippen LogP contribution is -2.09. The van der Waals surface area contributed by atoms with Crippen molar-refractivity contribution in [2.45, 2.75) is 25.2 Å². The van der Waals surface area contributed by atoms with Gasteiger partial charge < -0.3 is 21.1 Å². The summed E-state index contributed by atoms with van der Waals surface area (Å²) >= 11 is 13.0. The molecule has 6 rings (SSSR count). The molecular weight excluding hydrogens is 826 g/mol. The number of azo groups is 2. The average Bonchev–Trinajstić information content (AvgIpc) is 3.57. The summed E-state index contributed by atoms with van der Waals surface area (Å²) in [5, 5.41) is 47.8.